The Hall–Kier alpha value is -0.350. The molecule has 0 aromatic heterocycles. The summed E-state index contributed by atoms with van der Waals surface area (Å²) in [5.74, 6) is -0.883. The van der Waals surface area contributed by atoms with E-state index in [0.29, 0.717) is 12.0 Å². The molecule has 0 fully saturated rings. The second-order valence-electron chi connectivity index (χ2n) is 8.06. The van der Waals surface area contributed by atoms with Gasteiger partial charge in [0.05, 0.1) is 0 Å². The lowest BCUT2D eigenvalue weighted by atomic mass is 10.0. The van der Waals surface area contributed by atoms with Gasteiger partial charge in [0.1, 0.15) is 0 Å². The Labute approximate surface area is 187 Å². The molecule has 0 aliphatic carbocycles. The molecule has 0 aromatic carbocycles. The highest BCUT2D eigenvalue weighted by Crippen LogP contribution is 2.12. The van der Waals surface area contributed by atoms with Gasteiger partial charge in [0.15, 0.2) is 0 Å². The van der Waals surface area contributed by atoms with Gasteiger partial charge in [-0.3, -0.25) is 0 Å². The van der Waals surface area contributed by atoms with Crippen LogP contribution in [0.3, 0.4) is 0 Å². The summed E-state index contributed by atoms with van der Waals surface area (Å²) in [7, 11) is 4.34. The molecular formula is C24H50BrNO2. The van der Waals surface area contributed by atoms with E-state index in [0.717, 1.165) is 6.42 Å². The summed E-state index contributed by atoms with van der Waals surface area (Å²) in [5, 5.41) is 8.21. The van der Waals surface area contributed by atoms with Crippen molar-refractivity contribution in [2.75, 3.05) is 20.6 Å². The van der Waals surface area contributed by atoms with E-state index < -0.39 is 5.97 Å². The van der Waals surface area contributed by atoms with Crippen LogP contribution in [0.2, 0.25) is 0 Å². The number of nitrogens with zero attached hydrogens (tertiary/aromatic N) is 1. The van der Waals surface area contributed by atoms with Gasteiger partial charge in [0.25, 0.3) is 0 Å². The first kappa shape index (κ1) is 32.3. The number of hydrogen-bond donors (Lipinski definition) is 1. The SMILES string of the molecule is Br.C=C(CCC)C(=O)O.CCCCCCCCCCCCCCCCN(C)C. The van der Waals surface area contributed by atoms with Crippen LogP contribution in [0.5, 0.6) is 0 Å². The molecule has 0 aliphatic rings. The molecule has 0 aliphatic heterocycles. The zero-order valence-corrected chi connectivity index (χ0v) is 21.2. The molecule has 0 saturated carbocycles. The number of carboxylic acids is 1. The number of carbonyl (C=O) groups is 1. The predicted molar refractivity (Wildman–Crippen MR) is 131 cm³/mol. The fourth-order valence-corrected chi connectivity index (χ4v) is 3.03. The van der Waals surface area contributed by atoms with E-state index >= 15 is 0 Å². The van der Waals surface area contributed by atoms with Crippen molar-refractivity contribution < 1.29 is 9.90 Å². The lowest BCUT2D eigenvalue weighted by Gasteiger charge is -2.08. The van der Waals surface area contributed by atoms with E-state index in [9.17, 15) is 4.79 Å². The molecule has 0 unspecified atom stereocenters. The van der Waals surface area contributed by atoms with Crippen molar-refractivity contribution in [2.24, 2.45) is 0 Å². The van der Waals surface area contributed by atoms with Gasteiger partial charge in [-0.15, -0.1) is 17.0 Å². The molecule has 0 aromatic rings. The highest BCUT2D eigenvalue weighted by Gasteiger charge is 1.99. The molecule has 0 saturated heterocycles. The van der Waals surface area contributed by atoms with Gasteiger partial charge in [-0.25, -0.2) is 4.79 Å². The first-order valence-electron chi connectivity index (χ1n) is 11.5. The zero-order valence-electron chi connectivity index (χ0n) is 19.4. The molecule has 170 valence electrons. The first-order valence-corrected chi connectivity index (χ1v) is 11.5. The Morgan fingerprint density at radius 2 is 1.07 bits per heavy atom. The van der Waals surface area contributed by atoms with Crippen molar-refractivity contribution in [3.05, 3.63) is 12.2 Å². The third-order valence-electron chi connectivity index (χ3n) is 4.81. The fraction of sp³-hybridized carbons (Fsp3) is 0.875. The van der Waals surface area contributed by atoms with Crippen molar-refractivity contribution in [3.8, 4) is 0 Å². The summed E-state index contributed by atoms with van der Waals surface area (Å²) in [6.07, 6.45) is 21.8. The summed E-state index contributed by atoms with van der Waals surface area (Å²) >= 11 is 0. The maximum Gasteiger partial charge on any atom is 0.330 e. The van der Waals surface area contributed by atoms with Crippen molar-refractivity contribution in [2.45, 2.75) is 117 Å². The van der Waals surface area contributed by atoms with Gasteiger partial charge < -0.3 is 10.0 Å². The quantitative estimate of drug-likeness (QED) is 0.165. The average molecular weight is 465 g/mol. The number of rotatable bonds is 18. The molecule has 0 amide bonds. The molecule has 1 N–H and O–H groups in total. The monoisotopic (exact) mass is 463 g/mol. The van der Waals surface area contributed by atoms with Crippen LogP contribution in [0, 0.1) is 0 Å². The minimum Gasteiger partial charge on any atom is -0.478 e. The third kappa shape index (κ3) is 30.4. The number of unbranched alkanes of at least 4 members (excludes halogenated alkanes) is 13. The highest BCUT2D eigenvalue weighted by molar-refractivity contribution is 8.93. The Morgan fingerprint density at radius 1 is 0.714 bits per heavy atom. The van der Waals surface area contributed by atoms with Crippen LogP contribution >= 0.6 is 17.0 Å². The van der Waals surface area contributed by atoms with Crippen LogP contribution in [0.1, 0.15) is 117 Å². The second kappa shape index (κ2) is 26.6. The van der Waals surface area contributed by atoms with Gasteiger partial charge >= 0.3 is 5.97 Å². The lowest BCUT2D eigenvalue weighted by Crippen LogP contribution is -2.12. The molecule has 3 nitrogen and oxygen atoms in total. The van der Waals surface area contributed by atoms with Crippen molar-refractivity contribution >= 4 is 23.0 Å². The lowest BCUT2D eigenvalue weighted by molar-refractivity contribution is -0.132. The second-order valence-corrected chi connectivity index (χ2v) is 8.06. The third-order valence-corrected chi connectivity index (χ3v) is 4.81. The highest BCUT2D eigenvalue weighted by atomic mass is 79.9. The van der Waals surface area contributed by atoms with Crippen molar-refractivity contribution in [1.82, 2.24) is 4.90 Å². The molecule has 0 bridgehead atoms. The van der Waals surface area contributed by atoms with Crippen LogP contribution in [-0.4, -0.2) is 36.6 Å². The Bertz CT molecular complexity index is 333. The van der Waals surface area contributed by atoms with Crippen LogP contribution < -0.4 is 0 Å². The molecule has 4 heteroatoms. The number of aliphatic carboxylic acids is 1. The van der Waals surface area contributed by atoms with Crippen molar-refractivity contribution in [1.29, 1.82) is 0 Å². The van der Waals surface area contributed by atoms with Crippen LogP contribution in [-0.2, 0) is 4.79 Å². The van der Waals surface area contributed by atoms with Gasteiger partial charge in [-0.2, -0.15) is 0 Å². The largest absolute Gasteiger partial charge is 0.478 e. The van der Waals surface area contributed by atoms with Crippen molar-refractivity contribution in [3.63, 3.8) is 0 Å². The standard InChI is InChI=1S/C18H39N.C6H10O2.BrH/c1-4-5-6-7-8-9-10-11-12-13-14-15-16-17-18-19(2)3;1-3-4-5(2)6(7)8;/h4-18H2,1-3H3;2-4H2,1H3,(H,7,8);1H. The summed E-state index contributed by atoms with van der Waals surface area (Å²) < 4.78 is 0. The predicted octanol–water partition coefficient (Wildman–Crippen LogP) is 8.03. The maximum atomic E-state index is 9.99. The molecule has 0 rings (SSSR count). The molecule has 28 heavy (non-hydrogen) atoms. The van der Waals surface area contributed by atoms with E-state index in [-0.39, 0.29) is 17.0 Å². The van der Waals surface area contributed by atoms with E-state index in [2.05, 4.69) is 32.5 Å². The number of hydrogen-bond acceptors (Lipinski definition) is 2. The van der Waals surface area contributed by atoms with E-state index in [1.807, 2.05) is 6.92 Å². The van der Waals surface area contributed by atoms with Gasteiger partial charge in [-0.1, -0.05) is 110 Å². The summed E-state index contributed by atoms with van der Waals surface area (Å²) in [5.41, 5.74) is 0.299. The topological polar surface area (TPSA) is 40.5 Å². The minimum atomic E-state index is -0.883. The Balaban J connectivity index is -0.000000587. The minimum absolute atomic E-state index is 0. The Kier molecular flexibility index (Phi) is 30.8. The molecule has 0 spiro atoms. The fourth-order valence-electron chi connectivity index (χ4n) is 3.03. The average Bonchev–Trinajstić information content (AvgIpc) is 2.62. The smallest absolute Gasteiger partial charge is 0.330 e. The van der Waals surface area contributed by atoms with Gasteiger partial charge in [-0.05, 0) is 33.5 Å². The summed E-state index contributed by atoms with van der Waals surface area (Å²) in [4.78, 5) is 12.3. The van der Waals surface area contributed by atoms with Crippen LogP contribution in [0.15, 0.2) is 12.2 Å². The van der Waals surface area contributed by atoms with Gasteiger partial charge in [0, 0.05) is 5.57 Å². The van der Waals surface area contributed by atoms with E-state index in [1.165, 1.54) is 96.4 Å². The zero-order chi connectivity index (χ0) is 20.8. The van der Waals surface area contributed by atoms with Gasteiger partial charge in [0.2, 0.25) is 0 Å². The molecular weight excluding hydrogens is 414 g/mol. The maximum absolute atomic E-state index is 9.99. The number of halogens is 1. The van der Waals surface area contributed by atoms with E-state index in [1.54, 1.807) is 0 Å². The van der Waals surface area contributed by atoms with Crippen LogP contribution in [0.25, 0.3) is 0 Å². The number of carboxylic acid groups (broad SMARTS) is 1. The summed E-state index contributed by atoms with van der Waals surface area (Å²) in [6.45, 7) is 8.82. The molecule has 0 atom stereocenters. The Morgan fingerprint density at radius 3 is 1.32 bits per heavy atom. The summed E-state index contributed by atoms with van der Waals surface area (Å²) in [6, 6.07) is 0. The molecule has 0 heterocycles. The molecule has 0 radical (unpaired) electrons. The van der Waals surface area contributed by atoms with E-state index in [4.69, 9.17) is 5.11 Å². The normalized spacial score (nSPS) is 10.2. The van der Waals surface area contributed by atoms with Crippen LogP contribution in [0.4, 0.5) is 0 Å². The first-order chi connectivity index (χ1) is 13.0.